The van der Waals surface area contributed by atoms with Gasteiger partial charge in [0.1, 0.15) is 0 Å². The van der Waals surface area contributed by atoms with E-state index in [1.165, 1.54) is 11.3 Å². The fourth-order valence-corrected chi connectivity index (χ4v) is 4.00. The van der Waals surface area contributed by atoms with Gasteiger partial charge in [-0.3, -0.25) is 9.58 Å². The number of aryl methyl sites for hydroxylation is 1. The lowest BCUT2D eigenvalue weighted by Gasteiger charge is -2.31. The van der Waals surface area contributed by atoms with Crippen LogP contribution in [0.3, 0.4) is 0 Å². The highest BCUT2D eigenvalue weighted by Gasteiger charge is 2.26. The number of piperidine rings is 1. The van der Waals surface area contributed by atoms with Crippen LogP contribution in [0, 0.1) is 6.92 Å². The Balaban J connectivity index is 1.27. The van der Waals surface area contributed by atoms with Gasteiger partial charge in [-0.2, -0.15) is 14.7 Å². The quantitative estimate of drug-likeness (QED) is 0.711. The standard InChI is InChI=1S/C18H23N7O/c1-13-2-3-17-20-21-18(25(17)22-13)14-4-6-23(7-5-14)11-15-10-19-24-8-9-26-12-16(15)24/h2-3,10,14H,4-9,11-12H2,1H3. The number of ether oxygens (including phenoxy) is 1. The average Bonchev–Trinajstić information content (AvgIpc) is 3.27. The van der Waals surface area contributed by atoms with E-state index < -0.39 is 0 Å². The van der Waals surface area contributed by atoms with E-state index in [2.05, 4.69) is 30.0 Å². The summed E-state index contributed by atoms with van der Waals surface area (Å²) in [5.41, 5.74) is 4.36. The predicted molar refractivity (Wildman–Crippen MR) is 94.7 cm³/mol. The van der Waals surface area contributed by atoms with Crippen LogP contribution in [0.25, 0.3) is 5.65 Å². The molecule has 1 saturated heterocycles. The van der Waals surface area contributed by atoms with Crippen LogP contribution in [0.4, 0.5) is 0 Å². The van der Waals surface area contributed by atoms with Crippen LogP contribution < -0.4 is 0 Å². The van der Waals surface area contributed by atoms with Gasteiger partial charge in [-0.05, 0) is 45.0 Å². The molecular weight excluding hydrogens is 330 g/mol. The van der Waals surface area contributed by atoms with Gasteiger partial charge in [0.25, 0.3) is 0 Å². The molecule has 0 amide bonds. The van der Waals surface area contributed by atoms with Crippen molar-refractivity contribution < 1.29 is 4.74 Å². The maximum Gasteiger partial charge on any atom is 0.177 e. The third-order valence-corrected chi connectivity index (χ3v) is 5.49. The molecule has 5 heterocycles. The topological polar surface area (TPSA) is 73.4 Å². The van der Waals surface area contributed by atoms with Gasteiger partial charge in [0.2, 0.25) is 0 Å². The Morgan fingerprint density at radius 3 is 2.92 bits per heavy atom. The smallest absolute Gasteiger partial charge is 0.177 e. The molecule has 0 atom stereocenters. The van der Waals surface area contributed by atoms with Crippen molar-refractivity contribution in [2.24, 2.45) is 0 Å². The minimum absolute atomic E-state index is 0.417. The molecule has 0 spiro atoms. The van der Waals surface area contributed by atoms with E-state index in [0.29, 0.717) is 12.5 Å². The molecule has 0 aromatic carbocycles. The second-order valence-electron chi connectivity index (χ2n) is 7.25. The number of hydrogen-bond acceptors (Lipinski definition) is 6. The van der Waals surface area contributed by atoms with Crippen LogP contribution in [0.2, 0.25) is 0 Å². The largest absolute Gasteiger partial charge is 0.373 e. The van der Waals surface area contributed by atoms with Crippen LogP contribution in [-0.2, 0) is 24.4 Å². The van der Waals surface area contributed by atoms with Crippen LogP contribution in [-0.4, -0.2) is 54.2 Å². The molecule has 0 saturated carbocycles. The average molecular weight is 353 g/mol. The summed E-state index contributed by atoms with van der Waals surface area (Å²) in [6.07, 6.45) is 4.17. The molecule has 8 nitrogen and oxygen atoms in total. The van der Waals surface area contributed by atoms with Crippen LogP contribution >= 0.6 is 0 Å². The molecule has 1 fully saturated rings. The van der Waals surface area contributed by atoms with Crippen molar-refractivity contribution in [2.75, 3.05) is 19.7 Å². The van der Waals surface area contributed by atoms with Crippen molar-refractivity contribution in [1.29, 1.82) is 0 Å². The molecule has 136 valence electrons. The van der Waals surface area contributed by atoms with Crippen molar-refractivity contribution >= 4 is 5.65 Å². The van der Waals surface area contributed by atoms with Crippen LogP contribution in [0.1, 0.15) is 41.5 Å². The molecule has 0 bridgehead atoms. The lowest BCUT2D eigenvalue weighted by Crippen LogP contribution is -2.33. The van der Waals surface area contributed by atoms with Crippen molar-refractivity contribution in [3.8, 4) is 0 Å². The normalized spacial score (nSPS) is 19.1. The predicted octanol–water partition coefficient (Wildman–Crippen LogP) is 1.54. The molecule has 8 heteroatoms. The lowest BCUT2D eigenvalue weighted by molar-refractivity contribution is 0.0784. The summed E-state index contributed by atoms with van der Waals surface area (Å²) >= 11 is 0. The Bertz CT molecular complexity index is 923. The minimum Gasteiger partial charge on any atom is -0.373 e. The van der Waals surface area contributed by atoms with Crippen molar-refractivity contribution in [2.45, 2.75) is 45.4 Å². The van der Waals surface area contributed by atoms with Crippen molar-refractivity contribution in [3.05, 3.63) is 41.1 Å². The Kier molecular flexibility index (Phi) is 3.94. The number of hydrogen-bond donors (Lipinski definition) is 0. The van der Waals surface area contributed by atoms with Gasteiger partial charge >= 0.3 is 0 Å². The fraction of sp³-hybridized carbons (Fsp3) is 0.556. The second kappa shape index (κ2) is 6.44. The highest BCUT2D eigenvalue weighted by molar-refractivity contribution is 5.36. The van der Waals surface area contributed by atoms with Crippen molar-refractivity contribution in [1.82, 2.24) is 34.5 Å². The number of rotatable bonds is 3. The first kappa shape index (κ1) is 15.9. The highest BCUT2D eigenvalue weighted by Crippen LogP contribution is 2.28. The monoisotopic (exact) mass is 353 g/mol. The highest BCUT2D eigenvalue weighted by atomic mass is 16.5. The first-order valence-electron chi connectivity index (χ1n) is 9.30. The van der Waals surface area contributed by atoms with Gasteiger partial charge in [-0.15, -0.1) is 10.2 Å². The van der Waals surface area contributed by atoms with Gasteiger partial charge in [0.15, 0.2) is 11.5 Å². The Morgan fingerprint density at radius 1 is 1.15 bits per heavy atom. The zero-order valence-electron chi connectivity index (χ0n) is 15.0. The molecule has 0 unspecified atom stereocenters. The molecule has 26 heavy (non-hydrogen) atoms. The van der Waals surface area contributed by atoms with Gasteiger partial charge in [-0.25, -0.2) is 0 Å². The van der Waals surface area contributed by atoms with Gasteiger partial charge in [-0.1, -0.05) is 0 Å². The molecule has 3 aromatic rings. The minimum atomic E-state index is 0.417. The summed E-state index contributed by atoms with van der Waals surface area (Å²) in [6.45, 7) is 7.37. The second-order valence-corrected chi connectivity index (χ2v) is 7.25. The van der Waals surface area contributed by atoms with Crippen LogP contribution in [0.5, 0.6) is 0 Å². The van der Waals surface area contributed by atoms with Gasteiger partial charge in [0.05, 0.1) is 37.3 Å². The molecule has 0 aliphatic carbocycles. The van der Waals surface area contributed by atoms with Gasteiger partial charge < -0.3 is 4.74 Å². The first-order chi connectivity index (χ1) is 12.8. The van der Waals surface area contributed by atoms with Gasteiger partial charge in [0, 0.05) is 18.0 Å². The number of likely N-dealkylation sites (tertiary alicyclic amines) is 1. The third kappa shape index (κ3) is 2.79. The van der Waals surface area contributed by atoms with E-state index in [0.717, 1.165) is 62.8 Å². The zero-order valence-corrected chi connectivity index (χ0v) is 15.0. The summed E-state index contributed by atoms with van der Waals surface area (Å²) in [5.74, 6) is 1.42. The summed E-state index contributed by atoms with van der Waals surface area (Å²) in [7, 11) is 0. The summed E-state index contributed by atoms with van der Waals surface area (Å²) in [6, 6.07) is 3.96. The zero-order chi connectivity index (χ0) is 17.5. The van der Waals surface area contributed by atoms with E-state index in [-0.39, 0.29) is 0 Å². The summed E-state index contributed by atoms with van der Waals surface area (Å²) in [5, 5.41) is 17.8. The number of fused-ring (bicyclic) bond motifs is 2. The van der Waals surface area contributed by atoms with E-state index in [9.17, 15) is 0 Å². The maximum atomic E-state index is 5.60. The summed E-state index contributed by atoms with van der Waals surface area (Å²) < 4.78 is 9.60. The lowest BCUT2D eigenvalue weighted by atomic mass is 9.96. The fourth-order valence-electron chi connectivity index (χ4n) is 4.00. The number of nitrogens with zero attached hydrogens (tertiary/aromatic N) is 7. The SMILES string of the molecule is Cc1ccc2nnc(C3CCN(Cc4cnn5c4COCC5)CC3)n2n1. The number of aromatic nitrogens is 6. The van der Waals surface area contributed by atoms with E-state index in [1.54, 1.807) is 0 Å². The third-order valence-electron chi connectivity index (χ3n) is 5.49. The first-order valence-corrected chi connectivity index (χ1v) is 9.30. The van der Waals surface area contributed by atoms with E-state index >= 15 is 0 Å². The van der Waals surface area contributed by atoms with E-state index in [1.807, 2.05) is 29.8 Å². The Labute approximate surface area is 151 Å². The molecule has 0 radical (unpaired) electrons. The van der Waals surface area contributed by atoms with E-state index in [4.69, 9.17) is 4.74 Å². The van der Waals surface area contributed by atoms with Crippen LogP contribution in [0.15, 0.2) is 18.3 Å². The molecule has 3 aromatic heterocycles. The Hall–Kier alpha value is -2.32. The molecular formula is C18H23N7O. The van der Waals surface area contributed by atoms with Crippen molar-refractivity contribution in [3.63, 3.8) is 0 Å². The molecule has 2 aliphatic heterocycles. The summed E-state index contributed by atoms with van der Waals surface area (Å²) in [4.78, 5) is 2.50. The Morgan fingerprint density at radius 2 is 2.04 bits per heavy atom. The molecule has 0 N–H and O–H groups in total. The molecule has 2 aliphatic rings. The maximum absolute atomic E-state index is 5.60. The molecule has 5 rings (SSSR count).